The molecule has 0 bridgehead atoms. The molecule has 2 nitrogen and oxygen atoms in total. The SMILES string of the molecule is CC(NCC1CCOc2ccccc21)c1cccc(Cl)c1. The topological polar surface area (TPSA) is 21.3 Å². The van der Waals surface area contributed by atoms with Gasteiger partial charge in [0.05, 0.1) is 6.61 Å². The van der Waals surface area contributed by atoms with Crippen LogP contribution in [0.4, 0.5) is 0 Å². The van der Waals surface area contributed by atoms with Crippen molar-refractivity contribution in [2.24, 2.45) is 0 Å². The van der Waals surface area contributed by atoms with E-state index in [0.29, 0.717) is 12.0 Å². The molecule has 0 saturated heterocycles. The molecule has 2 atom stereocenters. The molecule has 1 aliphatic rings. The zero-order chi connectivity index (χ0) is 14.7. The van der Waals surface area contributed by atoms with Crippen LogP contribution in [-0.2, 0) is 0 Å². The van der Waals surface area contributed by atoms with Crippen molar-refractivity contribution in [3.63, 3.8) is 0 Å². The fraction of sp³-hybridized carbons (Fsp3) is 0.333. The maximum Gasteiger partial charge on any atom is 0.122 e. The van der Waals surface area contributed by atoms with Crippen LogP contribution < -0.4 is 10.1 Å². The molecule has 0 aromatic heterocycles. The van der Waals surface area contributed by atoms with Crippen molar-refractivity contribution in [2.75, 3.05) is 13.2 Å². The molecule has 1 heterocycles. The Morgan fingerprint density at radius 3 is 2.95 bits per heavy atom. The van der Waals surface area contributed by atoms with E-state index in [4.69, 9.17) is 16.3 Å². The summed E-state index contributed by atoms with van der Waals surface area (Å²) >= 11 is 6.06. The Hall–Kier alpha value is -1.51. The number of halogens is 1. The number of para-hydroxylation sites is 1. The maximum absolute atomic E-state index is 6.06. The molecular formula is C18H20ClNO. The van der Waals surface area contributed by atoms with Crippen molar-refractivity contribution in [3.05, 3.63) is 64.7 Å². The zero-order valence-corrected chi connectivity index (χ0v) is 12.9. The molecular weight excluding hydrogens is 282 g/mol. The summed E-state index contributed by atoms with van der Waals surface area (Å²) < 4.78 is 5.72. The summed E-state index contributed by atoms with van der Waals surface area (Å²) in [7, 11) is 0. The van der Waals surface area contributed by atoms with Gasteiger partial charge in [-0.25, -0.2) is 0 Å². The Bertz CT molecular complexity index is 614. The number of ether oxygens (including phenoxy) is 1. The van der Waals surface area contributed by atoms with E-state index in [-0.39, 0.29) is 0 Å². The van der Waals surface area contributed by atoms with Crippen LogP contribution in [0.2, 0.25) is 5.02 Å². The van der Waals surface area contributed by atoms with E-state index >= 15 is 0 Å². The fourth-order valence-electron chi connectivity index (χ4n) is 2.84. The summed E-state index contributed by atoms with van der Waals surface area (Å²) in [6.07, 6.45) is 1.06. The standard InChI is InChI=1S/C18H20ClNO/c1-13(14-5-4-6-16(19)11-14)20-12-15-9-10-21-18-8-3-2-7-17(15)18/h2-8,11,13,15,20H,9-10,12H2,1H3. The van der Waals surface area contributed by atoms with Gasteiger partial charge < -0.3 is 10.1 Å². The smallest absolute Gasteiger partial charge is 0.122 e. The van der Waals surface area contributed by atoms with Gasteiger partial charge in [-0.05, 0) is 42.7 Å². The van der Waals surface area contributed by atoms with Crippen LogP contribution in [0.25, 0.3) is 0 Å². The third kappa shape index (κ3) is 3.39. The Balaban J connectivity index is 1.66. The molecule has 0 spiro atoms. The van der Waals surface area contributed by atoms with Crippen LogP contribution in [0.3, 0.4) is 0 Å². The van der Waals surface area contributed by atoms with E-state index in [1.165, 1.54) is 11.1 Å². The van der Waals surface area contributed by atoms with E-state index in [9.17, 15) is 0 Å². The van der Waals surface area contributed by atoms with Crippen molar-refractivity contribution in [1.82, 2.24) is 5.32 Å². The van der Waals surface area contributed by atoms with E-state index < -0.39 is 0 Å². The van der Waals surface area contributed by atoms with Gasteiger partial charge in [0, 0.05) is 23.5 Å². The largest absolute Gasteiger partial charge is 0.493 e. The predicted octanol–water partition coefficient (Wildman–Crippen LogP) is 4.56. The van der Waals surface area contributed by atoms with Crippen molar-refractivity contribution in [3.8, 4) is 5.75 Å². The molecule has 1 aliphatic heterocycles. The van der Waals surface area contributed by atoms with Gasteiger partial charge in [-0.15, -0.1) is 0 Å². The van der Waals surface area contributed by atoms with Crippen LogP contribution in [0, 0.1) is 0 Å². The minimum atomic E-state index is 0.290. The first-order chi connectivity index (χ1) is 10.2. The number of nitrogens with one attached hydrogen (secondary N) is 1. The molecule has 0 saturated carbocycles. The lowest BCUT2D eigenvalue weighted by Gasteiger charge is -2.27. The van der Waals surface area contributed by atoms with Crippen molar-refractivity contribution >= 4 is 11.6 Å². The van der Waals surface area contributed by atoms with Gasteiger partial charge in [-0.1, -0.05) is 41.9 Å². The van der Waals surface area contributed by atoms with Crippen LogP contribution in [-0.4, -0.2) is 13.2 Å². The fourth-order valence-corrected chi connectivity index (χ4v) is 3.04. The monoisotopic (exact) mass is 301 g/mol. The van der Waals surface area contributed by atoms with Gasteiger partial charge in [-0.2, -0.15) is 0 Å². The number of hydrogen-bond donors (Lipinski definition) is 1. The summed E-state index contributed by atoms with van der Waals surface area (Å²) in [6, 6.07) is 16.7. The molecule has 0 fully saturated rings. The minimum absolute atomic E-state index is 0.290. The van der Waals surface area contributed by atoms with Crippen molar-refractivity contribution in [2.45, 2.75) is 25.3 Å². The Morgan fingerprint density at radius 1 is 1.24 bits per heavy atom. The average Bonchev–Trinajstić information content (AvgIpc) is 2.52. The quantitative estimate of drug-likeness (QED) is 0.894. The third-order valence-electron chi connectivity index (χ3n) is 4.10. The lowest BCUT2D eigenvalue weighted by Crippen LogP contribution is -2.28. The van der Waals surface area contributed by atoms with Crippen LogP contribution in [0.5, 0.6) is 5.75 Å². The highest BCUT2D eigenvalue weighted by Crippen LogP contribution is 2.33. The Labute approximate surface area is 131 Å². The van der Waals surface area contributed by atoms with Crippen molar-refractivity contribution in [1.29, 1.82) is 0 Å². The normalized spacial score (nSPS) is 18.7. The van der Waals surface area contributed by atoms with E-state index in [1.807, 2.05) is 24.3 Å². The molecule has 110 valence electrons. The number of benzene rings is 2. The first kappa shape index (κ1) is 14.4. The molecule has 2 aromatic rings. The van der Waals surface area contributed by atoms with Crippen LogP contribution in [0.15, 0.2) is 48.5 Å². The highest BCUT2D eigenvalue weighted by molar-refractivity contribution is 6.30. The minimum Gasteiger partial charge on any atom is -0.493 e. The summed E-state index contributed by atoms with van der Waals surface area (Å²) in [5, 5.41) is 4.41. The first-order valence-corrected chi connectivity index (χ1v) is 7.82. The highest BCUT2D eigenvalue weighted by Gasteiger charge is 2.21. The molecule has 0 radical (unpaired) electrons. The van der Waals surface area contributed by atoms with E-state index in [0.717, 1.165) is 30.3 Å². The van der Waals surface area contributed by atoms with E-state index in [1.54, 1.807) is 0 Å². The molecule has 0 aliphatic carbocycles. The van der Waals surface area contributed by atoms with Gasteiger partial charge in [0.1, 0.15) is 5.75 Å². The summed E-state index contributed by atoms with van der Waals surface area (Å²) in [4.78, 5) is 0. The number of hydrogen-bond acceptors (Lipinski definition) is 2. The second-order valence-corrected chi connectivity index (χ2v) is 5.99. The van der Waals surface area contributed by atoms with Gasteiger partial charge in [0.25, 0.3) is 0 Å². The Morgan fingerprint density at radius 2 is 2.10 bits per heavy atom. The van der Waals surface area contributed by atoms with Gasteiger partial charge in [0.15, 0.2) is 0 Å². The molecule has 2 aromatic carbocycles. The second kappa shape index (κ2) is 6.50. The third-order valence-corrected chi connectivity index (χ3v) is 4.34. The molecule has 3 heteroatoms. The summed E-state index contributed by atoms with van der Waals surface area (Å²) in [5.41, 5.74) is 2.54. The van der Waals surface area contributed by atoms with Gasteiger partial charge in [-0.3, -0.25) is 0 Å². The molecule has 0 amide bonds. The lowest BCUT2D eigenvalue weighted by atomic mass is 9.92. The second-order valence-electron chi connectivity index (χ2n) is 5.56. The van der Waals surface area contributed by atoms with Crippen LogP contribution >= 0.6 is 11.6 Å². The average molecular weight is 302 g/mol. The summed E-state index contributed by atoms with van der Waals surface area (Å²) in [6.45, 7) is 3.93. The molecule has 21 heavy (non-hydrogen) atoms. The number of rotatable bonds is 4. The molecule has 1 N–H and O–H groups in total. The molecule has 3 rings (SSSR count). The van der Waals surface area contributed by atoms with E-state index in [2.05, 4.69) is 36.5 Å². The highest BCUT2D eigenvalue weighted by atomic mass is 35.5. The summed E-state index contributed by atoms with van der Waals surface area (Å²) in [5.74, 6) is 1.54. The van der Waals surface area contributed by atoms with Gasteiger partial charge in [0.2, 0.25) is 0 Å². The lowest BCUT2D eigenvalue weighted by molar-refractivity contribution is 0.263. The Kier molecular flexibility index (Phi) is 4.47. The predicted molar refractivity (Wildman–Crippen MR) is 87.2 cm³/mol. The zero-order valence-electron chi connectivity index (χ0n) is 12.2. The van der Waals surface area contributed by atoms with Crippen molar-refractivity contribution < 1.29 is 4.74 Å². The first-order valence-electron chi connectivity index (χ1n) is 7.44. The van der Waals surface area contributed by atoms with Gasteiger partial charge >= 0.3 is 0 Å². The molecule has 2 unspecified atom stereocenters. The maximum atomic E-state index is 6.06. The van der Waals surface area contributed by atoms with Crippen LogP contribution in [0.1, 0.15) is 36.4 Å². The number of fused-ring (bicyclic) bond motifs is 1.